The first-order valence-electron chi connectivity index (χ1n) is 34.2. The zero-order chi connectivity index (χ0) is 57.7. The van der Waals surface area contributed by atoms with Crippen LogP contribution in [0.5, 0.6) is 0 Å². The van der Waals surface area contributed by atoms with E-state index < -0.39 is 20.0 Å². The summed E-state index contributed by atoms with van der Waals surface area (Å²) in [4.78, 5) is 23.4. The Morgan fingerprint density at radius 3 is 1.09 bits per heavy atom. The van der Waals surface area contributed by atoms with Gasteiger partial charge in [-0.1, -0.05) is 306 Å². The number of unbranched alkanes of at least 4 members (excludes halogenated alkanes) is 42. The molecule has 0 aliphatic carbocycles. The second-order valence-corrected chi connectivity index (χ2v) is 26.0. The van der Waals surface area contributed by atoms with Crippen LogP contribution in [-0.4, -0.2) is 73.4 Å². The van der Waals surface area contributed by atoms with E-state index in [0.717, 1.165) is 51.4 Å². The molecular formula is C70H134N2O6P+. The Bertz CT molecular complexity index is 1470. The normalized spacial score (nSPS) is 14.1. The van der Waals surface area contributed by atoms with E-state index in [-0.39, 0.29) is 19.1 Å². The van der Waals surface area contributed by atoms with Crippen LogP contribution in [0.25, 0.3) is 0 Å². The molecule has 3 N–H and O–H groups in total. The van der Waals surface area contributed by atoms with Crippen molar-refractivity contribution < 1.29 is 32.9 Å². The van der Waals surface area contributed by atoms with Gasteiger partial charge >= 0.3 is 7.82 Å². The highest BCUT2D eigenvalue weighted by Crippen LogP contribution is 2.43. The molecule has 1 amide bonds. The third kappa shape index (κ3) is 63.6. The maximum Gasteiger partial charge on any atom is 0.472 e. The van der Waals surface area contributed by atoms with E-state index in [9.17, 15) is 19.4 Å². The fourth-order valence-electron chi connectivity index (χ4n) is 10.1. The molecule has 0 saturated heterocycles. The molecule has 9 heteroatoms. The van der Waals surface area contributed by atoms with Gasteiger partial charge in [0.2, 0.25) is 5.91 Å². The van der Waals surface area contributed by atoms with Gasteiger partial charge in [0.05, 0.1) is 39.9 Å². The minimum atomic E-state index is -4.36. The summed E-state index contributed by atoms with van der Waals surface area (Å²) >= 11 is 0. The minimum absolute atomic E-state index is 0.0531. The molecule has 3 unspecified atom stereocenters. The second-order valence-electron chi connectivity index (χ2n) is 24.5. The number of phosphoric ester groups is 1. The van der Waals surface area contributed by atoms with Crippen molar-refractivity contribution in [2.24, 2.45) is 0 Å². The summed E-state index contributed by atoms with van der Waals surface area (Å²) in [5.74, 6) is -0.187. The van der Waals surface area contributed by atoms with Crippen molar-refractivity contribution in [3.8, 4) is 0 Å². The molecule has 0 fully saturated rings. The molecule has 0 radical (unpaired) electrons. The van der Waals surface area contributed by atoms with Gasteiger partial charge in [-0.15, -0.1) is 0 Å². The van der Waals surface area contributed by atoms with Crippen molar-refractivity contribution >= 4 is 13.7 Å². The minimum Gasteiger partial charge on any atom is -0.387 e. The van der Waals surface area contributed by atoms with Crippen LogP contribution >= 0.6 is 7.82 Å². The number of nitrogens with zero attached hydrogens (tertiary/aromatic N) is 1. The molecule has 8 nitrogen and oxygen atoms in total. The van der Waals surface area contributed by atoms with E-state index in [1.54, 1.807) is 6.08 Å². The standard InChI is InChI=1S/C70H133N2O6P/c1-6-8-10-12-14-16-18-20-22-24-26-28-30-31-32-33-34-35-36-37-38-39-40-41-42-44-46-48-50-52-54-56-58-60-62-64-70(74)71-68(67-78-79(75,76)77-66-65-72(3,4)5)69(73)63-61-59-57-55-53-51-49-47-45-43-29-27-25-23-21-19-17-15-13-11-9-7-2/h30-31,33-34,45,47,53,55,61,63,68-69,73H,6-29,32,35-44,46,48-52,54,56-60,62,64-67H2,1-5H3,(H-,71,74,75,76)/p+1/b31-30-,34-33-,47-45+,55-53+,63-61+. The maximum atomic E-state index is 13.0. The number of carbonyl (C=O) groups excluding carboxylic acids is 1. The van der Waals surface area contributed by atoms with Gasteiger partial charge in [-0.2, -0.15) is 0 Å². The number of amides is 1. The predicted molar refractivity (Wildman–Crippen MR) is 346 cm³/mol. The molecule has 0 saturated carbocycles. The molecule has 0 aromatic heterocycles. The molecule has 3 atom stereocenters. The average Bonchev–Trinajstić information content (AvgIpc) is 3.42. The molecular weight excluding hydrogens is 996 g/mol. The van der Waals surface area contributed by atoms with Crippen molar-refractivity contribution in [1.29, 1.82) is 0 Å². The number of allylic oxidation sites excluding steroid dienone is 9. The fourth-order valence-corrected chi connectivity index (χ4v) is 10.8. The van der Waals surface area contributed by atoms with Crippen LogP contribution in [-0.2, 0) is 18.4 Å². The number of hydrogen-bond acceptors (Lipinski definition) is 5. The van der Waals surface area contributed by atoms with E-state index in [2.05, 4.69) is 67.8 Å². The van der Waals surface area contributed by atoms with Crippen LogP contribution in [0.4, 0.5) is 0 Å². The van der Waals surface area contributed by atoms with Gasteiger partial charge in [-0.05, 0) is 77.0 Å². The molecule has 0 aromatic carbocycles. The van der Waals surface area contributed by atoms with Gasteiger partial charge in [-0.3, -0.25) is 13.8 Å². The largest absolute Gasteiger partial charge is 0.472 e. The molecule has 79 heavy (non-hydrogen) atoms. The number of quaternary nitrogens is 1. The van der Waals surface area contributed by atoms with Gasteiger partial charge in [-0.25, -0.2) is 4.57 Å². The van der Waals surface area contributed by atoms with Gasteiger partial charge in [0.15, 0.2) is 0 Å². The lowest BCUT2D eigenvalue weighted by Gasteiger charge is -2.25. The molecule has 0 aromatic rings. The highest BCUT2D eigenvalue weighted by Gasteiger charge is 2.28. The number of aliphatic hydroxyl groups excluding tert-OH is 1. The lowest BCUT2D eigenvalue weighted by molar-refractivity contribution is -0.870. The maximum absolute atomic E-state index is 13.0. The van der Waals surface area contributed by atoms with E-state index >= 15 is 0 Å². The van der Waals surface area contributed by atoms with Crippen molar-refractivity contribution in [1.82, 2.24) is 5.32 Å². The summed E-state index contributed by atoms with van der Waals surface area (Å²) in [6.45, 7) is 4.82. The summed E-state index contributed by atoms with van der Waals surface area (Å²) < 4.78 is 23.8. The van der Waals surface area contributed by atoms with Crippen molar-refractivity contribution in [3.05, 3.63) is 60.8 Å². The van der Waals surface area contributed by atoms with E-state index in [1.807, 2.05) is 27.2 Å². The number of nitrogens with one attached hydrogen (secondary N) is 1. The quantitative estimate of drug-likeness (QED) is 0.0243. The molecule has 0 spiro atoms. The summed E-state index contributed by atoms with van der Waals surface area (Å²) in [7, 11) is 1.55. The van der Waals surface area contributed by atoms with Gasteiger partial charge < -0.3 is 19.8 Å². The lowest BCUT2D eigenvalue weighted by atomic mass is 10.0. The van der Waals surface area contributed by atoms with Crippen LogP contribution in [0.1, 0.15) is 328 Å². The van der Waals surface area contributed by atoms with E-state index in [1.165, 1.54) is 257 Å². The van der Waals surface area contributed by atoms with Crippen molar-refractivity contribution in [2.75, 3.05) is 40.9 Å². The Kier molecular flexibility index (Phi) is 59.4. The molecule has 0 aliphatic rings. The Morgan fingerprint density at radius 2 is 0.734 bits per heavy atom. The first kappa shape index (κ1) is 77.2. The van der Waals surface area contributed by atoms with Gasteiger partial charge in [0, 0.05) is 6.42 Å². The number of rotatable bonds is 63. The molecule has 464 valence electrons. The van der Waals surface area contributed by atoms with Gasteiger partial charge in [0.1, 0.15) is 13.2 Å². The third-order valence-corrected chi connectivity index (χ3v) is 16.4. The van der Waals surface area contributed by atoms with E-state index in [4.69, 9.17) is 9.05 Å². The van der Waals surface area contributed by atoms with Crippen LogP contribution in [0.2, 0.25) is 0 Å². The van der Waals surface area contributed by atoms with E-state index in [0.29, 0.717) is 17.4 Å². The first-order chi connectivity index (χ1) is 38.5. The summed E-state index contributed by atoms with van der Waals surface area (Å²) in [6.07, 6.45) is 83.7. The summed E-state index contributed by atoms with van der Waals surface area (Å²) in [6, 6.07) is -0.872. The Hall–Kier alpha value is -1.80. The highest BCUT2D eigenvalue weighted by molar-refractivity contribution is 7.47. The van der Waals surface area contributed by atoms with Gasteiger partial charge in [0.25, 0.3) is 0 Å². The third-order valence-electron chi connectivity index (χ3n) is 15.4. The number of phosphoric acid groups is 1. The summed E-state index contributed by atoms with van der Waals surface area (Å²) in [5.41, 5.74) is 0. The number of aliphatic hydroxyl groups is 1. The lowest BCUT2D eigenvalue weighted by Crippen LogP contribution is -2.45. The predicted octanol–water partition coefficient (Wildman–Crippen LogP) is 21.6. The molecule has 0 aliphatic heterocycles. The van der Waals surface area contributed by atoms with Crippen molar-refractivity contribution in [2.45, 2.75) is 341 Å². The monoisotopic (exact) mass is 1130 g/mol. The molecule has 0 heterocycles. The van der Waals surface area contributed by atoms with Crippen LogP contribution in [0, 0.1) is 0 Å². The number of likely N-dealkylation sites (N-methyl/N-ethyl adjacent to an activating group) is 1. The zero-order valence-corrected chi connectivity index (χ0v) is 54.0. The fraction of sp³-hybridized carbons (Fsp3) is 0.843. The molecule has 0 bridgehead atoms. The average molecular weight is 1130 g/mol. The topological polar surface area (TPSA) is 105 Å². The number of carbonyl (C=O) groups is 1. The Morgan fingerprint density at radius 1 is 0.430 bits per heavy atom. The smallest absolute Gasteiger partial charge is 0.387 e. The highest BCUT2D eigenvalue weighted by atomic mass is 31.2. The molecule has 0 rings (SSSR count). The van der Waals surface area contributed by atoms with Crippen molar-refractivity contribution in [3.63, 3.8) is 0 Å². The Balaban J connectivity index is 4.08. The second kappa shape index (κ2) is 60.8. The van der Waals surface area contributed by atoms with Crippen LogP contribution in [0.3, 0.4) is 0 Å². The number of hydrogen-bond donors (Lipinski definition) is 3. The zero-order valence-electron chi connectivity index (χ0n) is 53.1. The first-order valence-corrected chi connectivity index (χ1v) is 35.7. The summed E-state index contributed by atoms with van der Waals surface area (Å²) in [5, 5.41) is 14.0. The SMILES string of the molecule is CCCCCCCCCCCCC/C=C\C/C=C\CCCCCCCCCCCCCCCCCCCC(=O)NC(COP(=O)(O)OCC[N+](C)(C)C)C(O)/C=C/CC/C=C/CC/C=C/CCCCCCCCCCCCCC. The van der Waals surface area contributed by atoms with Crippen LogP contribution in [0.15, 0.2) is 60.8 Å². The Labute approximate surface area is 492 Å². The van der Waals surface area contributed by atoms with Crippen LogP contribution < -0.4 is 5.32 Å².